The summed E-state index contributed by atoms with van der Waals surface area (Å²) in [6, 6.07) is 43.3. The largest absolute Gasteiger partial charge is 0.465 e. The highest BCUT2D eigenvalue weighted by atomic mass is 35.5. The highest BCUT2D eigenvalue weighted by Gasteiger charge is 2.23. The molecule has 2 aromatic heterocycles. The molecule has 302 valence electrons. The molecule has 7 aromatic rings. The van der Waals surface area contributed by atoms with Crippen molar-refractivity contribution in [2.75, 3.05) is 6.61 Å². The number of halogens is 4. The predicted octanol–water partition coefficient (Wildman–Crippen LogP) is 12.6. The molecule has 59 heavy (non-hydrogen) atoms. The molecule has 0 aliphatic rings. The van der Waals surface area contributed by atoms with Crippen molar-refractivity contribution >= 4 is 58.3 Å². The standard InChI is InChI=1S/C24H18Cl2N2O2.C23H24Cl2N2O2/c25-19-13-11-18(12-14-19)23-21(15-22(29)30-16-17-7-3-1-4-8-17)24(26)28(27-23)20-9-5-2-6-10-20;1-2-3-4-8-15-29-21(28)16-20-22(17-11-13-18(24)14-12-17)26-27(23(20)25)19-9-6-5-7-10-19/h1-14H,15-16H2;5-7,9-14H,2-4,8,15-16H2,1H3. The van der Waals surface area contributed by atoms with Crippen LogP contribution in [-0.4, -0.2) is 38.1 Å². The van der Waals surface area contributed by atoms with Crippen LogP contribution in [0.4, 0.5) is 0 Å². The number of hydrogen-bond acceptors (Lipinski definition) is 6. The Kier molecular flexibility index (Phi) is 15.8. The summed E-state index contributed by atoms with van der Waals surface area (Å²) in [6.45, 7) is 2.79. The summed E-state index contributed by atoms with van der Waals surface area (Å²) in [5, 5.41) is 11.4. The van der Waals surface area contributed by atoms with Crippen LogP contribution in [0.3, 0.4) is 0 Å². The second kappa shape index (κ2) is 21.6. The molecule has 0 N–H and O–H groups in total. The lowest BCUT2D eigenvalue weighted by atomic mass is 10.1. The Labute approximate surface area is 364 Å². The number of rotatable bonds is 15. The van der Waals surface area contributed by atoms with Gasteiger partial charge < -0.3 is 9.47 Å². The van der Waals surface area contributed by atoms with Crippen LogP contribution >= 0.6 is 46.4 Å². The van der Waals surface area contributed by atoms with E-state index in [0.717, 1.165) is 53.7 Å². The fourth-order valence-electron chi connectivity index (χ4n) is 6.18. The topological polar surface area (TPSA) is 88.2 Å². The third-order valence-corrected chi connectivity index (χ3v) is 10.5. The fraction of sp³-hybridized carbons (Fsp3) is 0.191. The van der Waals surface area contributed by atoms with Gasteiger partial charge >= 0.3 is 11.9 Å². The quantitative estimate of drug-likeness (QED) is 0.0753. The van der Waals surface area contributed by atoms with E-state index in [1.165, 1.54) is 0 Å². The third kappa shape index (κ3) is 11.9. The van der Waals surface area contributed by atoms with Gasteiger partial charge in [-0.15, -0.1) is 0 Å². The molecule has 0 fully saturated rings. The number of aromatic nitrogens is 4. The van der Waals surface area contributed by atoms with E-state index in [9.17, 15) is 9.59 Å². The number of carbonyl (C=O) groups excluding carboxylic acids is 2. The van der Waals surface area contributed by atoms with Crippen molar-refractivity contribution in [1.82, 2.24) is 19.6 Å². The first kappa shape index (κ1) is 43.2. The molecule has 0 aliphatic heterocycles. The maximum absolute atomic E-state index is 12.6. The van der Waals surface area contributed by atoms with E-state index in [2.05, 4.69) is 17.1 Å². The van der Waals surface area contributed by atoms with Gasteiger partial charge in [0.25, 0.3) is 0 Å². The number of nitrogens with zero attached hydrogens (tertiary/aromatic N) is 4. The average Bonchev–Trinajstić information content (AvgIpc) is 3.76. The number of benzene rings is 5. The summed E-state index contributed by atoms with van der Waals surface area (Å²) in [5.41, 5.74) is 6.76. The molecular formula is C47H42Cl4N4O4. The molecule has 5 aromatic carbocycles. The number of unbranched alkanes of at least 4 members (excludes halogenated alkanes) is 3. The zero-order valence-electron chi connectivity index (χ0n) is 32.4. The van der Waals surface area contributed by atoms with E-state index in [-0.39, 0.29) is 31.4 Å². The van der Waals surface area contributed by atoms with Crippen molar-refractivity contribution in [1.29, 1.82) is 0 Å². The Morgan fingerprint density at radius 1 is 0.525 bits per heavy atom. The molecule has 0 saturated carbocycles. The molecule has 8 nitrogen and oxygen atoms in total. The normalized spacial score (nSPS) is 10.8. The van der Waals surface area contributed by atoms with Gasteiger partial charge in [-0.2, -0.15) is 10.2 Å². The van der Waals surface area contributed by atoms with Gasteiger partial charge in [-0.25, -0.2) is 9.36 Å². The van der Waals surface area contributed by atoms with Crippen molar-refractivity contribution < 1.29 is 19.1 Å². The van der Waals surface area contributed by atoms with Gasteiger partial charge in [0.15, 0.2) is 0 Å². The van der Waals surface area contributed by atoms with E-state index >= 15 is 0 Å². The van der Waals surface area contributed by atoms with Crippen molar-refractivity contribution in [3.05, 3.63) is 177 Å². The summed E-state index contributed by atoms with van der Waals surface area (Å²) in [5.74, 6) is -0.671. The molecule has 0 radical (unpaired) electrons. The van der Waals surface area contributed by atoms with E-state index in [1.54, 1.807) is 33.6 Å². The van der Waals surface area contributed by atoms with Gasteiger partial charge in [0.1, 0.15) is 16.9 Å². The molecule has 12 heteroatoms. The second-order valence-corrected chi connectivity index (χ2v) is 15.1. The van der Waals surface area contributed by atoms with E-state index in [0.29, 0.717) is 49.5 Å². The molecule has 0 amide bonds. The lowest BCUT2D eigenvalue weighted by Crippen LogP contribution is -2.10. The molecule has 0 unspecified atom stereocenters. The van der Waals surface area contributed by atoms with Crippen LogP contribution in [0.5, 0.6) is 0 Å². The lowest BCUT2D eigenvalue weighted by Gasteiger charge is -2.06. The Morgan fingerprint density at radius 2 is 0.949 bits per heavy atom. The summed E-state index contributed by atoms with van der Waals surface area (Å²) in [7, 11) is 0. The van der Waals surface area contributed by atoms with E-state index in [4.69, 9.17) is 55.9 Å². The molecule has 0 bridgehead atoms. The predicted molar refractivity (Wildman–Crippen MR) is 237 cm³/mol. The van der Waals surface area contributed by atoms with Crippen LogP contribution in [-0.2, 0) is 38.5 Å². The summed E-state index contributed by atoms with van der Waals surface area (Å²) >= 11 is 25.4. The van der Waals surface area contributed by atoms with Gasteiger partial charge in [0, 0.05) is 32.3 Å². The second-order valence-electron chi connectivity index (χ2n) is 13.5. The van der Waals surface area contributed by atoms with E-state index in [1.807, 2.05) is 115 Å². The molecule has 2 heterocycles. The monoisotopic (exact) mass is 866 g/mol. The van der Waals surface area contributed by atoms with Gasteiger partial charge in [-0.3, -0.25) is 9.59 Å². The van der Waals surface area contributed by atoms with Gasteiger partial charge in [-0.05, 0) is 60.5 Å². The molecule has 7 rings (SSSR count). The molecular weight excluding hydrogens is 826 g/mol. The summed E-state index contributed by atoms with van der Waals surface area (Å²) in [6.07, 6.45) is 4.31. The summed E-state index contributed by atoms with van der Waals surface area (Å²) in [4.78, 5) is 25.0. The zero-order valence-corrected chi connectivity index (χ0v) is 35.4. The molecule has 0 spiro atoms. The first-order valence-electron chi connectivity index (χ1n) is 19.2. The minimum Gasteiger partial charge on any atom is -0.465 e. The lowest BCUT2D eigenvalue weighted by molar-refractivity contribution is -0.144. The van der Waals surface area contributed by atoms with Crippen LogP contribution in [0.2, 0.25) is 20.4 Å². The summed E-state index contributed by atoms with van der Waals surface area (Å²) < 4.78 is 14.2. The smallest absolute Gasteiger partial charge is 0.310 e. The highest BCUT2D eigenvalue weighted by Crippen LogP contribution is 2.34. The van der Waals surface area contributed by atoms with Gasteiger partial charge in [0.05, 0.1) is 42.2 Å². The van der Waals surface area contributed by atoms with E-state index < -0.39 is 0 Å². The highest BCUT2D eigenvalue weighted by molar-refractivity contribution is 6.32. The van der Waals surface area contributed by atoms with Crippen LogP contribution in [0, 0.1) is 0 Å². The molecule has 0 atom stereocenters. The van der Waals surface area contributed by atoms with Crippen LogP contribution < -0.4 is 0 Å². The zero-order chi connectivity index (χ0) is 41.6. The first-order chi connectivity index (χ1) is 28.7. The average molecular weight is 869 g/mol. The maximum Gasteiger partial charge on any atom is 0.310 e. The van der Waals surface area contributed by atoms with Crippen molar-refractivity contribution in [2.24, 2.45) is 0 Å². The minimum absolute atomic E-state index is 0.0104. The number of carbonyl (C=O) groups is 2. The Morgan fingerprint density at radius 3 is 1.39 bits per heavy atom. The molecule has 0 aliphatic carbocycles. The Bertz CT molecular complexity index is 2420. The van der Waals surface area contributed by atoms with Gasteiger partial charge in [0.2, 0.25) is 0 Å². The van der Waals surface area contributed by atoms with Gasteiger partial charge in [-0.1, -0.05) is 164 Å². The number of hydrogen-bond donors (Lipinski definition) is 0. The molecule has 0 saturated heterocycles. The SMILES string of the molecule is CCCCCCOC(=O)Cc1c(-c2ccc(Cl)cc2)nn(-c2ccccc2)c1Cl.O=C(Cc1c(-c2ccc(Cl)cc2)nn(-c2ccccc2)c1Cl)OCc1ccccc1. The number of esters is 2. The third-order valence-electron chi connectivity index (χ3n) is 9.22. The van der Waals surface area contributed by atoms with Crippen LogP contribution in [0.25, 0.3) is 33.9 Å². The van der Waals surface area contributed by atoms with Crippen molar-refractivity contribution in [3.8, 4) is 33.9 Å². The number of para-hydroxylation sites is 2. The Hall–Kier alpha value is -5.38. The van der Waals surface area contributed by atoms with Crippen molar-refractivity contribution in [3.63, 3.8) is 0 Å². The maximum atomic E-state index is 12.6. The first-order valence-corrected chi connectivity index (χ1v) is 20.8. The van der Waals surface area contributed by atoms with Crippen LogP contribution in [0.1, 0.15) is 49.3 Å². The number of ether oxygens (including phenoxy) is 2. The van der Waals surface area contributed by atoms with Crippen molar-refractivity contribution in [2.45, 2.75) is 52.1 Å². The minimum atomic E-state index is -0.372. The Balaban J connectivity index is 0.000000199. The van der Waals surface area contributed by atoms with Crippen LogP contribution in [0.15, 0.2) is 140 Å². The fourth-order valence-corrected chi connectivity index (χ4v) is 7.01.